The first-order chi connectivity index (χ1) is 8.77. The van der Waals surface area contributed by atoms with Crippen LogP contribution in [-0.2, 0) is 0 Å². The normalized spacial score (nSPS) is 28.3. The fourth-order valence-electron chi connectivity index (χ4n) is 4.20. The standard InChI is InChI=1S/C16H30N2/c1-18(15-4-5-15)13-12-17-14-6-10-16(11-7-14)8-2-3-9-16/h14-15,17H,2-13H2,1H3. The van der Waals surface area contributed by atoms with Gasteiger partial charge in [0.15, 0.2) is 0 Å². The Hall–Kier alpha value is -0.0800. The van der Waals surface area contributed by atoms with Crippen molar-refractivity contribution in [1.29, 1.82) is 0 Å². The molecule has 18 heavy (non-hydrogen) atoms. The highest BCUT2D eigenvalue weighted by molar-refractivity contribution is 4.91. The Morgan fingerprint density at radius 1 is 1.00 bits per heavy atom. The van der Waals surface area contributed by atoms with Crippen LogP contribution in [0.4, 0.5) is 0 Å². The maximum atomic E-state index is 3.80. The summed E-state index contributed by atoms with van der Waals surface area (Å²) < 4.78 is 0. The molecule has 0 atom stereocenters. The van der Waals surface area contributed by atoms with Gasteiger partial charge in [-0.1, -0.05) is 12.8 Å². The zero-order chi connectivity index (χ0) is 12.4. The van der Waals surface area contributed by atoms with Crippen LogP contribution in [0.1, 0.15) is 64.2 Å². The fraction of sp³-hybridized carbons (Fsp3) is 1.00. The molecule has 2 heteroatoms. The highest BCUT2D eigenvalue weighted by Crippen LogP contribution is 2.48. The van der Waals surface area contributed by atoms with Gasteiger partial charge in [0.25, 0.3) is 0 Å². The van der Waals surface area contributed by atoms with Gasteiger partial charge in [-0.2, -0.15) is 0 Å². The average molecular weight is 250 g/mol. The van der Waals surface area contributed by atoms with Crippen LogP contribution in [0.15, 0.2) is 0 Å². The summed E-state index contributed by atoms with van der Waals surface area (Å²) in [5, 5.41) is 3.80. The Labute approximate surface area is 113 Å². The number of nitrogens with zero attached hydrogens (tertiary/aromatic N) is 1. The monoisotopic (exact) mass is 250 g/mol. The first-order valence-electron chi connectivity index (χ1n) is 8.21. The largest absolute Gasteiger partial charge is 0.313 e. The van der Waals surface area contributed by atoms with Crippen molar-refractivity contribution in [2.24, 2.45) is 5.41 Å². The summed E-state index contributed by atoms with van der Waals surface area (Å²) in [6.45, 7) is 2.44. The Morgan fingerprint density at radius 3 is 2.28 bits per heavy atom. The molecule has 0 aromatic carbocycles. The first kappa shape index (κ1) is 12.9. The molecule has 3 fully saturated rings. The van der Waals surface area contributed by atoms with Crippen molar-refractivity contribution in [2.75, 3.05) is 20.1 Å². The van der Waals surface area contributed by atoms with Crippen LogP contribution in [-0.4, -0.2) is 37.1 Å². The molecule has 0 aromatic rings. The molecule has 3 aliphatic rings. The van der Waals surface area contributed by atoms with Crippen LogP contribution in [0.5, 0.6) is 0 Å². The Bertz CT molecular complexity index is 256. The summed E-state index contributed by atoms with van der Waals surface area (Å²) >= 11 is 0. The van der Waals surface area contributed by atoms with E-state index >= 15 is 0 Å². The minimum Gasteiger partial charge on any atom is -0.313 e. The van der Waals surface area contributed by atoms with Gasteiger partial charge in [-0.25, -0.2) is 0 Å². The first-order valence-corrected chi connectivity index (χ1v) is 8.21. The van der Waals surface area contributed by atoms with E-state index in [2.05, 4.69) is 17.3 Å². The predicted molar refractivity (Wildman–Crippen MR) is 76.8 cm³/mol. The molecule has 3 rings (SSSR count). The van der Waals surface area contributed by atoms with Gasteiger partial charge in [0, 0.05) is 25.2 Å². The molecule has 0 bridgehead atoms. The molecule has 3 saturated carbocycles. The molecule has 1 N–H and O–H groups in total. The Kier molecular flexibility index (Phi) is 3.95. The Morgan fingerprint density at radius 2 is 1.67 bits per heavy atom. The Balaban J connectivity index is 1.32. The molecule has 0 unspecified atom stereocenters. The highest BCUT2D eigenvalue weighted by atomic mass is 15.2. The second-order valence-corrected chi connectivity index (χ2v) is 7.15. The van der Waals surface area contributed by atoms with Crippen LogP contribution in [0.25, 0.3) is 0 Å². The van der Waals surface area contributed by atoms with Crippen molar-refractivity contribution < 1.29 is 0 Å². The van der Waals surface area contributed by atoms with E-state index in [1.54, 1.807) is 0 Å². The van der Waals surface area contributed by atoms with E-state index < -0.39 is 0 Å². The molecule has 1 spiro atoms. The zero-order valence-corrected chi connectivity index (χ0v) is 12.1. The molecule has 104 valence electrons. The van der Waals surface area contributed by atoms with Gasteiger partial charge in [-0.05, 0) is 63.8 Å². The fourth-order valence-corrected chi connectivity index (χ4v) is 4.20. The molecule has 0 aromatic heterocycles. The van der Waals surface area contributed by atoms with Crippen LogP contribution < -0.4 is 5.32 Å². The molecular weight excluding hydrogens is 220 g/mol. The van der Waals surface area contributed by atoms with Crippen LogP contribution >= 0.6 is 0 Å². The SMILES string of the molecule is CN(CCNC1CCC2(CCCC2)CC1)C1CC1. The molecule has 0 heterocycles. The maximum Gasteiger partial charge on any atom is 0.0107 e. The highest BCUT2D eigenvalue weighted by Gasteiger charge is 2.37. The predicted octanol–water partition coefficient (Wildman–Crippen LogP) is 3.17. The van der Waals surface area contributed by atoms with Gasteiger partial charge < -0.3 is 10.2 Å². The van der Waals surface area contributed by atoms with Crippen molar-refractivity contribution >= 4 is 0 Å². The van der Waals surface area contributed by atoms with Gasteiger partial charge in [-0.3, -0.25) is 0 Å². The van der Waals surface area contributed by atoms with Gasteiger partial charge in [0.2, 0.25) is 0 Å². The minimum absolute atomic E-state index is 0.795. The topological polar surface area (TPSA) is 15.3 Å². The summed E-state index contributed by atoms with van der Waals surface area (Å²) in [5.41, 5.74) is 0.795. The zero-order valence-electron chi connectivity index (χ0n) is 12.1. The lowest BCUT2D eigenvalue weighted by Gasteiger charge is -2.37. The smallest absolute Gasteiger partial charge is 0.0107 e. The number of nitrogens with one attached hydrogen (secondary N) is 1. The summed E-state index contributed by atoms with van der Waals surface area (Å²) in [7, 11) is 2.29. The lowest BCUT2D eigenvalue weighted by molar-refractivity contribution is 0.166. The van der Waals surface area contributed by atoms with Gasteiger partial charge in [0.1, 0.15) is 0 Å². The quantitative estimate of drug-likeness (QED) is 0.806. The van der Waals surface area contributed by atoms with Crippen molar-refractivity contribution in [3.63, 3.8) is 0 Å². The van der Waals surface area contributed by atoms with E-state index in [9.17, 15) is 0 Å². The van der Waals surface area contributed by atoms with Crippen LogP contribution in [0.3, 0.4) is 0 Å². The van der Waals surface area contributed by atoms with Crippen LogP contribution in [0, 0.1) is 5.41 Å². The van der Waals surface area contributed by atoms with Crippen molar-refractivity contribution in [1.82, 2.24) is 10.2 Å². The second-order valence-electron chi connectivity index (χ2n) is 7.15. The van der Waals surface area contributed by atoms with Gasteiger partial charge in [0.05, 0.1) is 0 Å². The summed E-state index contributed by atoms with van der Waals surface area (Å²) in [5.74, 6) is 0. The number of hydrogen-bond acceptors (Lipinski definition) is 2. The molecule has 0 aliphatic heterocycles. The maximum absolute atomic E-state index is 3.80. The number of likely N-dealkylation sites (N-methyl/N-ethyl adjacent to an activating group) is 1. The second kappa shape index (κ2) is 5.50. The van der Waals surface area contributed by atoms with Crippen molar-refractivity contribution in [2.45, 2.75) is 76.3 Å². The lowest BCUT2D eigenvalue weighted by Crippen LogP contribution is -2.40. The average Bonchev–Trinajstić information content (AvgIpc) is 3.15. The molecular formula is C16H30N2. The molecule has 0 radical (unpaired) electrons. The summed E-state index contributed by atoms with van der Waals surface area (Å²) in [6.07, 6.45) is 14.8. The van der Waals surface area contributed by atoms with E-state index in [4.69, 9.17) is 0 Å². The van der Waals surface area contributed by atoms with Crippen molar-refractivity contribution in [3.05, 3.63) is 0 Å². The van der Waals surface area contributed by atoms with E-state index in [-0.39, 0.29) is 0 Å². The third kappa shape index (κ3) is 3.08. The molecule has 2 nitrogen and oxygen atoms in total. The third-order valence-electron chi connectivity index (χ3n) is 5.78. The van der Waals surface area contributed by atoms with Gasteiger partial charge >= 0.3 is 0 Å². The van der Waals surface area contributed by atoms with Crippen molar-refractivity contribution in [3.8, 4) is 0 Å². The summed E-state index contributed by atoms with van der Waals surface area (Å²) in [6, 6.07) is 1.74. The van der Waals surface area contributed by atoms with Gasteiger partial charge in [-0.15, -0.1) is 0 Å². The number of rotatable bonds is 5. The minimum atomic E-state index is 0.795. The molecule has 0 amide bonds. The molecule has 3 aliphatic carbocycles. The molecule has 0 saturated heterocycles. The van der Waals surface area contributed by atoms with Crippen LogP contribution in [0.2, 0.25) is 0 Å². The number of hydrogen-bond donors (Lipinski definition) is 1. The third-order valence-corrected chi connectivity index (χ3v) is 5.78. The van der Waals surface area contributed by atoms with E-state index in [1.165, 1.54) is 77.3 Å². The van der Waals surface area contributed by atoms with E-state index in [1.807, 2.05) is 0 Å². The lowest BCUT2D eigenvalue weighted by atomic mass is 9.71. The summed E-state index contributed by atoms with van der Waals surface area (Å²) in [4.78, 5) is 2.54. The van der Waals surface area contributed by atoms with E-state index in [0.717, 1.165) is 17.5 Å². The van der Waals surface area contributed by atoms with E-state index in [0.29, 0.717) is 0 Å².